The highest BCUT2D eigenvalue weighted by molar-refractivity contribution is 5.98. The first-order chi connectivity index (χ1) is 9.05. The summed E-state index contributed by atoms with van der Waals surface area (Å²) in [6.45, 7) is 4.68. The van der Waals surface area contributed by atoms with Crippen LogP contribution in [0.15, 0.2) is 30.5 Å². The molecule has 1 atom stereocenters. The van der Waals surface area contributed by atoms with E-state index in [9.17, 15) is 0 Å². The lowest BCUT2D eigenvalue weighted by molar-refractivity contribution is 0.378. The minimum absolute atomic E-state index is 0.453. The van der Waals surface area contributed by atoms with Crippen molar-refractivity contribution in [3.8, 4) is 0 Å². The first kappa shape index (κ1) is 12.3. The molecule has 3 rings (SSSR count). The number of nitrogen functional groups attached to an aromatic ring is 1. The monoisotopic (exact) mass is 255 g/mol. The molecule has 19 heavy (non-hydrogen) atoms. The fourth-order valence-corrected chi connectivity index (χ4v) is 3.09. The highest BCUT2D eigenvalue weighted by Gasteiger charge is 2.30. The number of nitrogens with two attached hydrogens (primary N) is 1. The normalized spacial score (nSPS) is 21.7. The van der Waals surface area contributed by atoms with E-state index in [0.717, 1.165) is 22.3 Å². The number of nitrogens with one attached hydrogen (secondary N) is 1. The Bertz CT molecular complexity index is 604. The molecule has 0 spiro atoms. The predicted octanol–water partition coefficient (Wildman–Crippen LogP) is 3.81. The van der Waals surface area contributed by atoms with Crippen LogP contribution in [0.1, 0.15) is 33.1 Å². The summed E-state index contributed by atoms with van der Waals surface area (Å²) in [5.41, 5.74) is 9.34. The Hall–Kier alpha value is -1.77. The van der Waals surface area contributed by atoms with Gasteiger partial charge in [-0.1, -0.05) is 13.8 Å². The maximum Gasteiger partial charge on any atom is 0.0953 e. The van der Waals surface area contributed by atoms with Crippen molar-refractivity contribution in [2.24, 2.45) is 5.41 Å². The van der Waals surface area contributed by atoms with Gasteiger partial charge in [0.1, 0.15) is 0 Å². The van der Waals surface area contributed by atoms with Crippen molar-refractivity contribution in [3.63, 3.8) is 0 Å². The van der Waals surface area contributed by atoms with Crippen LogP contribution in [-0.2, 0) is 0 Å². The van der Waals surface area contributed by atoms with Crippen LogP contribution in [0.2, 0.25) is 0 Å². The van der Waals surface area contributed by atoms with E-state index >= 15 is 0 Å². The Balaban J connectivity index is 1.92. The first-order valence-corrected chi connectivity index (χ1v) is 6.95. The van der Waals surface area contributed by atoms with E-state index in [1.54, 1.807) is 0 Å². The van der Waals surface area contributed by atoms with E-state index in [-0.39, 0.29) is 0 Å². The van der Waals surface area contributed by atoms with Crippen LogP contribution in [0, 0.1) is 5.41 Å². The second-order valence-electron chi connectivity index (χ2n) is 6.35. The minimum Gasteiger partial charge on any atom is -0.398 e. The molecule has 1 fully saturated rings. The number of pyridine rings is 1. The van der Waals surface area contributed by atoms with Gasteiger partial charge in [0.05, 0.1) is 11.2 Å². The molecule has 0 radical (unpaired) electrons. The molecule has 1 aliphatic carbocycles. The zero-order valence-electron chi connectivity index (χ0n) is 11.6. The molecule has 3 heteroatoms. The highest BCUT2D eigenvalue weighted by atomic mass is 14.9. The Morgan fingerprint density at radius 1 is 1.32 bits per heavy atom. The van der Waals surface area contributed by atoms with Crippen LogP contribution in [0.3, 0.4) is 0 Å². The van der Waals surface area contributed by atoms with Crippen molar-refractivity contribution in [1.29, 1.82) is 0 Å². The minimum atomic E-state index is 0.453. The van der Waals surface area contributed by atoms with Crippen LogP contribution in [-0.4, -0.2) is 11.0 Å². The molecule has 1 unspecified atom stereocenters. The molecule has 1 aromatic carbocycles. The molecular formula is C16H21N3. The predicted molar refractivity (Wildman–Crippen MR) is 81.2 cm³/mol. The van der Waals surface area contributed by atoms with Gasteiger partial charge in [-0.2, -0.15) is 0 Å². The fraction of sp³-hybridized carbons (Fsp3) is 0.438. The standard InChI is InChI=1S/C16H21N3/c1-16(2)8-7-11(10-16)19-14-6-5-13(17)12-4-3-9-18-15(12)14/h3-6,9,11,19H,7-8,10,17H2,1-2H3. The Morgan fingerprint density at radius 2 is 2.16 bits per heavy atom. The molecule has 0 bridgehead atoms. The molecular weight excluding hydrogens is 234 g/mol. The van der Waals surface area contributed by atoms with Crippen molar-refractivity contribution in [2.75, 3.05) is 11.1 Å². The Labute approximate surface area is 114 Å². The van der Waals surface area contributed by atoms with Crippen LogP contribution < -0.4 is 11.1 Å². The van der Waals surface area contributed by atoms with E-state index in [1.165, 1.54) is 19.3 Å². The van der Waals surface area contributed by atoms with E-state index in [4.69, 9.17) is 5.73 Å². The van der Waals surface area contributed by atoms with Crippen molar-refractivity contribution < 1.29 is 0 Å². The third-order valence-electron chi connectivity index (χ3n) is 4.13. The molecule has 1 heterocycles. The molecule has 1 saturated carbocycles. The van der Waals surface area contributed by atoms with Gasteiger partial charge in [-0.05, 0) is 48.9 Å². The van der Waals surface area contributed by atoms with Crippen molar-refractivity contribution in [1.82, 2.24) is 4.98 Å². The first-order valence-electron chi connectivity index (χ1n) is 6.95. The van der Waals surface area contributed by atoms with E-state index in [2.05, 4.69) is 30.2 Å². The average Bonchev–Trinajstić information content (AvgIpc) is 2.73. The summed E-state index contributed by atoms with van der Waals surface area (Å²) in [4.78, 5) is 4.48. The molecule has 0 aliphatic heterocycles. The largest absolute Gasteiger partial charge is 0.398 e. The van der Waals surface area contributed by atoms with Crippen molar-refractivity contribution >= 4 is 22.3 Å². The zero-order valence-corrected chi connectivity index (χ0v) is 11.6. The van der Waals surface area contributed by atoms with Gasteiger partial charge in [0.2, 0.25) is 0 Å². The third kappa shape index (κ3) is 2.37. The summed E-state index contributed by atoms with van der Waals surface area (Å²) in [5.74, 6) is 0. The van der Waals surface area contributed by atoms with E-state index < -0.39 is 0 Å². The SMILES string of the molecule is CC1(C)CCC(Nc2ccc(N)c3cccnc23)C1. The summed E-state index contributed by atoms with van der Waals surface area (Å²) >= 11 is 0. The quantitative estimate of drug-likeness (QED) is 0.802. The topological polar surface area (TPSA) is 50.9 Å². The summed E-state index contributed by atoms with van der Waals surface area (Å²) < 4.78 is 0. The van der Waals surface area contributed by atoms with Crippen LogP contribution in [0.4, 0.5) is 11.4 Å². The van der Waals surface area contributed by atoms with Gasteiger partial charge in [0, 0.05) is 23.3 Å². The molecule has 3 nitrogen and oxygen atoms in total. The van der Waals surface area contributed by atoms with Gasteiger partial charge in [0.25, 0.3) is 0 Å². The lowest BCUT2D eigenvalue weighted by atomic mass is 9.92. The van der Waals surface area contributed by atoms with E-state index in [0.29, 0.717) is 11.5 Å². The number of hydrogen-bond acceptors (Lipinski definition) is 3. The van der Waals surface area contributed by atoms with Gasteiger partial charge in [-0.15, -0.1) is 0 Å². The Kier molecular flexibility index (Phi) is 2.85. The van der Waals surface area contributed by atoms with Gasteiger partial charge in [-0.3, -0.25) is 4.98 Å². The van der Waals surface area contributed by atoms with E-state index in [1.807, 2.05) is 24.4 Å². The highest BCUT2D eigenvalue weighted by Crippen LogP contribution is 2.39. The number of hydrogen-bond donors (Lipinski definition) is 2. The summed E-state index contributed by atoms with van der Waals surface area (Å²) in [7, 11) is 0. The molecule has 0 saturated heterocycles. The van der Waals surface area contributed by atoms with Gasteiger partial charge in [0.15, 0.2) is 0 Å². The third-order valence-corrected chi connectivity index (χ3v) is 4.13. The lowest BCUT2D eigenvalue weighted by Crippen LogP contribution is -2.17. The molecule has 100 valence electrons. The lowest BCUT2D eigenvalue weighted by Gasteiger charge is -2.19. The number of fused-ring (bicyclic) bond motifs is 1. The summed E-state index contributed by atoms with van der Waals surface area (Å²) in [5, 5.41) is 4.68. The van der Waals surface area contributed by atoms with Crippen molar-refractivity contribution in [3.05, 3.63) is 30.5 Å². The molecule has 3 N–H and O–H groups in total. The maximum absolute atomic E-state index is 6.01. The maximum atomic E-state index is 6.01. The second kappa shape index (κ2) is 4.41. The van der Waals surface area contributed by atoms with Crippen LogP contribution in [0.25, 0.3) is 10.9 Å². The number of nitrogens with zero attached hydrogens (tertiary/aromatic N) is 1. The van der Waals surface area contributed by atoms with Crippen LogP contribution >= 0.6 is 0 Å². The molecule has 0 amide bonds. The molecule has 1 aliphatic rings. The molecule has 2 aromatic rings. The van der Waals surface area contributed by atoms with Crippen LogP contribution in [0.5, 0.6) is 0 Å². The summed E-state index contributed by atoms with van der Waals surface area (Å²) in [6.07, 6.45) is 5.55. The number of benzene rings is 1. The van der Waals surface area contributed by atoms with Gasteiger partial charge >= 0.3 is 0 Å². The molecule has 1 aromatic heterocycles. The van der Waals surface area contributed by atoms with Gasteiger partial charge in [-0.25, -0.2) is 0 Å². The zero-order chi connectivity index (χ0) is 13.5. The van der Waals surface area contributed by atoms with Gasteiger partial charge < -0.3 is 11.1 Å². The smallest absolute Gasteiger partial charge is 0.0953 e. The number of aromatic nitrogens is 1. The number of anilines is 2. The Morgan fingerprint density at radius 3 is 2.89 bits per heavy atom. The number of rotatable bonds is 2. The van der Waals surface area contributed by atoms with Crippen molar-refractivity contribution in [2.45, 2.75) is 39.2 Å². The summed E-state index contributed by atoms with van der Waals surface area (Å²) in [6, 6.07) is 8.52. The second-order valence-corrected chi connectivity index (χ2v) is 6.35. The average molecular weight is 255 g/mol. The fourth-order valence-electron chi connectivity index (χ4n) is 3.09.